The van der Waals surface area contributed by atoms with Crippen molar-refractivity contribution in [3.05, 3.63) is 22.7 Å². The molecule has 2 rings (SSSR count). The first-order chi connectivity index (χ1) is 8.65. The monoisotopic (exact) mass is 312 g/mol. The number of nitrogens with zero attached hydrogens (tertiary/aromatic N) is 1. The standard InChI is InChI=1S/C14H21BrN2O/c1-10-9-17(7-6-13(10)16-2)14-8-11(18-3)4-5-12(14)15/h4-5,8,10,13,16H,6-7,9H2,1-3H3. The van der Waals surface area contributed by atoms with Crippen LogP contribution in [0.5, 0.6) is 5.75 Å². The second-order valence-electron chi connectivity index (χ2n) is 4.92. The predicted octanol–water partition coefficient (Wildman–Crippen LogP) is 2.89. The molecule has 2 atom stereocenters. The Morgan fingerprint density at radius 3 is 2.83 bits per heavy atom. The molecule has 0 spiro atoms. The molecule has 1 aromatic rings. The van der Waals surface area contributed by atoms with E-state index in [2.05, 4.69) is 52.3 Å². The molecule has 4 heteroatoms. The lowest BCUT2D eigenvalue weighted by Crippen LogP contribution is -2.47. The van der Waals surface area contributed by atoms with Gasteiger partial charge in [0.25, 0.3) is 0 Å². The van der Waals surface area contributed by atoms with Gasteiger partial charge < -0.3 is 15.0 Å². The van der Waals surface area contributed by atoms with Gasteiger partial charge in [-0.2, -0.15) is 0 Å². The van der Waals surface area contributed by atoms with E-state index in [0.29, 0.717) is 12.0 Å². The highest BCUT2D eigenvalue weighted by Crippen LogP contribution is 2.33. The van der Waals surface area contributed by atoms with Crippen LogP contribution in [0.3, 0.4) is 0 Å². The third kappa shape index (κ3) is 2.81. The summed E-state index contributed by atoms with van der Waals surface area (Å²) in [7, 11) is 3.77. The zero-order valence-corrected chi connectivity index (χ0v) is 12.8. The summed E-state index contributed by atoms with van der Waals surface area (Å²) in [5.41, 5.74) is 1.23. The van der Waals surface area contributed by atoms with Crippen molar-refractivity contribution in [3.8, 4) is 5.75 Å². The SMILES string of the molecule is CNC1CCN(c2cc(OC)ccc2Br)CC1C. The van der Waals surface area contributed by atoms with Gasteiger partial charge in [-0.15, -0.1) is 0 Å². The molecule has 1 fully saturated rings. The number of piperidine rings is 1. The number of ether oxygens (including phenoxy) is 1. The second kappa shape index (κ2) is 5.93. The van der Waals surface area contributed by atoms with Crippen LogP contribution in [0.1, 0.15) is 13.3 Å². The van der Waals surface area contributed by atoms with Crippen LogP contribution in [0.4, 0.5) is 5.69 Å². The van der Waals surface area contributed by atoms with Gasteiger partial charge in [0.05, 0.1) is 12.8 Å². The highest BCUT2D eigenvalue weighted by Gasteiger charge is 2.25. The minimum atomic E-state index is 0.630. The molecule has 0 amide bonds. The number of anilines is 1. The van der Waals surface area contributed by atoms with Gasteiger partial charge in [0, 0.05) is 29.7 Å². The number of benzene rings is 1. The minimum absolute atomic E-state index is 0.630. The molecule has 3 nitrogen and oxygen atoms in total. The molecule has 1 aliphatic heterocycles. The maximum Gasteiger partial charge on any atom is 0.121 e. The van der Waals surface area contributed by atoms with E-state index in [1.807, 2.05) is 6.07 Å². The Bertz CT molecular complexity index is 411. The van der Waals surface area contributed by atoms with Gasteiger partial charge in [0.2, 0.25) is 0 Å². The summed E-state index contributed by atoms with van der Waals surface area (Å²) < 4.78 is 6.45. The van der Waals surface area contributed by atoms with Crippen LogP contribution in [0.25, 0.3) is 0 Å². The predicted molar refractivity (Wildman–Crippen MR) is 79.5 cm³/mol. The Labute approximate surface area is 118 Å². The average Bonchev–Trinajstić information content (AvgIpc) is 2.39. The summed E-state index contributed by atoms with van der Waals surface area (Å²) in [6.45, 7) is 4.47. The molecular weight excluding hydrogens is 292 g/mol. The first-order valence-corrected chi connectivity index (χ1v) is 7.20. The first kappa shape index (κ1) is 13.7. The van der Waals surface area contributed by atoms with Gasteiger partial charge >= 0.3 is 0 Å². The van der Waals surface area contributed by atoms with Crippen LogP contribution in [0.15, 0.2) is 22.7 Å². The van der Waals surface area contributed by atoms with Crippen molar-refractivity contribution in [2.24, 2.45) is 5.92 Å². The van der Waals surface area contributed by atoms with E-state index < -0.39 is 0 Å². The summed E-state index contributed by atoms with van der Waals surface area (Å²) >= 11 is 3.63. The number of nitrogens with one attached hydrogen (secondary N) is 1. The summed E-state index contributed by atoms with van der Waals surface area (Å²) in [5, 5.41) is 3.40. The van der Waals surface area contributed by atoms with E-state index in [9.17, 15) is 0 Å². The summed E-state index contributed by atoms with van der Waals surface area (Å²) in [6, 6.07) is 6.78. The molecule has 1 saturated heterocycles. The lowest BCUT2D eigenvalue weighted by atomic mass is 9.93. The number of rotatable bonds is 3. The number of halogens is 1. The molecule has 0 saturated carbocycles. The zero-order valence-electron chi connectivity index (χ0n) is 11.2. The summed E-state index contributed by atoms with van der Waals surface area (Å²) in [4.78, 5) is 2.44. The maximum atomic E-state index is 5.31. The van der Waals surface area contributed by atoms with Crippen molar-refractivity contribution in [2.45, 2.75) is 19.4 Å². The largest absolute Gasteiger partial charge is 0.497 e. The van der Waals surface area contributed by atoms with Crippen LogP contribution in [0.2, 0.25) is 0 Å². The Morgan fingerprint density at radius 2 is 2.22 bits per heavy atom. The second-order valence-corrected chi connectivity index (χ2v) is 5.78. The summed E-state index contributed by atoms with van der Waals surface area (Å²) in [6.07, 6.45) is 1.18. The fourth-order valence-corrected chi connectivity index (χ4v) is 3.15. The van der Waals surface area contributed by atoms with E-state index in [1.165, 1.54) is 12.1 Å². The normalized spacial score (nSPS) is 24.1. The fraction of sp³-hybridized carbons (Fsp3) is 0.571. The third-order valence-corrected chi connectivity index (χ3v) is 4.44. The lowest BCUT2D eigenvalue weighted by Gasteiger charge is -2.38. The third-order valence-electron chi connectivity index (χ3n) is 3.77. The molecule has 100 valence electrons. The highest BCUT2D eigenvalue weighted by molar-refractivity contribution is 9.10. The van der Waals surface area contributed by atoms with E-state index >= 15 is 0 Å². The molecule has 1 aliphatic rings. The Morgan fingerprint density at radius 1 is 1.44 bits per heavy atom. The first-order valence-electron chi connectivity index (χ1n) is 6.41. The molecule has 2 unspecified atom stereocenters. The number of methoxy groups -OCH3 is 1. The number of hydrogen-bond acceptors (Lipinski definition) is 3. The van der Waals surface area contributed by atoms with E-state index in [1.54, 1.807) is 7.11 Å². The molecule has 0 radical (unpaired) electrons. The van der Waals surface area contributed by atoms with E-state index in [4.69, 9.17) is 4.74 Å². The van der Waals surface area contributed by atoms with Gasteiger partial charge in [-0.3, -0.25) is 0 Å². The fourth-order valence-electron chi connectivity index (χ4n) is 2.66. The Balaban J connectivity index is 2.17. The smallest absolute Gasteiger partial charge is 0.121 e. The zero-order chi connectivity index (χ0) is 13.1. The molecule has 0 aromatic heterocycles. The Hall–Kier alpha value is -0.740. The van der Waals surface area contributed by atoms with E-state index in [0.717, 1.165) is 23.3 Å². The van der Waals surface area contributed by atoms with Crippen LogP contribution in [-0.4, -0.2) is 33.3 Å². The maximum absolute atomic E-state index is 5.31. The molecular formula is C14H21BrN2O. The number of hydrogen-bond donors (Lipinski definition) is 1. The van der Waals surface area contributed by atoms with Gasteiger partial charge in [0.15, 0.2) is 0 Å². The van der Waals surface area contributed by atoms with Crippen molar-refractivity contribution in [1.82, 2.24) is 5.32 Å². The quantitative estimate of drug-likeness (QED) is 0.929. The van der Waals surface area contributed by atoms with Gasteiger partial charge in [-0.1, -0.05) is 6.92 Å². The molecule has 1 N–H and O–H groups in total. The van der Waals surface area contributed by atoms with Crippen LogP contribution < -0.4 is 15.0 Å². The van der Waals surface area contributed by atoms with Crippen LogP contribution >= 0.6 is 15.9 Å². The molecule has 18 heavy (non-hydrogen) atoms. The minimum Gasteiger partial charge on any atom is -0.497 e. The highest BCUT2D eigenvalue weighted by atomic mass is 79.9. The van der Waals surface area contributed by atoms with Crippen LogP contribution in [0, 0.1) is 5.92 Å². The Kier molecular flexibility index (Phi) is 4.51. The van der Waals surface area contributed by atoms with Crippen molar-refractivity contribution in [1.29, 1.82) is 0 Å². The van der Waals surface area contributed by atoms with Gasteiger partial charge in [0.1, 0.15) is 5.75 Å². The molecule has 1 aromatic carbocycles. The molecule has 0 bridgehead atoms. The lowest BCUT2D eigenvalue weighted by molar-refractivity contribution is 0.338. The van der Waals surface area contributed by atoms with Crippen molar-refractivity contribution >= 4 is 21.6 Å². The van der Waals surface area contributed by atoms with Crippen LogP contribution in [-0.2, 0) is 0 Å². The van der Waals surface area contributed by atoms with Crippen molar-refractivity contribution < 1.29 is 4.74 Å². The van der Waals surface area contributed by atoms with Crippen molar-refractivity contribution in [3.63, 3.8) is 0 Å². The summed E-state index contributed by atoms with van der Waals surface area (Å²) in [5.74, 6) is 1.57. The molecule has 0 aliphatic carbocycles. The van der Waals surface area contributed by atoms with E-state index in [-0.39, 0.29) is 0 Å². The molecule has 1 heterocycles. The topological polar surface area (TPSA) is 24.5 Å². The van der Waals surface area contributed by atoms with Crippen molar-refractivity contribution in [2.75, 3.05) is 32.1 Å². The van der Waals surface area contributed by atoms with Gasteiger partial charge in [-0.25, -0.2) is 0 Å². The van der Waals surface area contributed by atoms with Gasteiger partial charge in [-0.05, 0) is 47.4 Å². The average molecular weight is 313 g/mol.